The maximum absolute atomic E-state index is 14.0. The summed E-state index contributed by atoms with van der Waals surface area (Å²) < 4.78 is 15.9. The van der Waals surface area contributed by atoms with Gasteiger partial charge in [0.15, 0.2) is 0 Å². The molecule has 0 aliphatic carbocycles. The van der Waals surface area contributed by atoms with E-state index >= 15 is 0 Å². The number of hydrogen-bond acceptors (Lipinski definition) is 3. The number of imidazole rings is 1. The summed E-state index contributed by atoms with van der Waals surface area (Å²) in [7, 11) is 1.90. The van der Waals surface area contributed by atoms with E-state index in [4.69, 9.17) is 11.6 Å². The molecule has 0 spiro atoms. The molecule has 1 N–H and O–H groups in total. The molecular weight excluding hydrogens is 395 g/mol. The lowest BCUT2D eigenvalue weighted by Gasteiger charge is -2.17. The van der Waals surface area contributed by atoms with Crippen LogP contribution in [0.3, 0.4) is 0 Å². The van der Waals surface area contributed by atoms with Gasteiger partial charge in [-0.05, 0) is 30.3 Å². The average molecular weight is 415 g/mol. The van der Waals surface area contributed by atoms with Crippen LogP contribution < -0.4 is 10.2 Å². The molecule has 1 fully saturated rings. The quantitative estimate of drug-likeness (QED) is 0.697. The highest BCUT2D eigenvalue weighted by atomic mass is 35.5. The Bertz CT molecular complexity index is 1100. The third-order valence-corrected chi connectivity index (χ3v) is 5.38. The summed E-state index contributed by atoms with van der Waals surface area (Å²) in [6.07, 6.45) is 0.868. The van der Waals surface area contributed by atoms with Crippen LogP contribution in [-0.2, 0) is 23.1 Å². The molecule has 2 amide bonds. The average Bonchev–Trinajstić information content (AvgIpc) is 3.19. The Morgan fingerprint density at radius 2 is 2.10 bits per heavy atom. The molecule has 1 aliphatic heterocycles. The second-order valence-corrected chi connectivity index (χ2v) is 7.58. The number of anilines is 1. The van der Waals surface area contributed by atoms with E-state index < -0.39 is 5.82 Å². The molecule has 1 aromatic heterocycles. The fourth-order valence-electron chi connectivity index (χ4n) is 3.68. The van der Waals surface area contributed by atoms with Crippen LogP contribution in [0.1, 0.15) is 18.7 Å². The molecule has 6 nitrogen and oxygen atoms in total. The molecule has 3 aromatic rings. The van der Waals surface area contributed by atoms with E-state index in [-0.39, 0.29) is 42.9 Å². The predicted octanol–water partition coefficient (Wildman–Crippen LogP) is 3.22. The third kappa shape index (κ3) is 3.96. The van der Waals surface area contributed by atoms with Crippen LogP contribution in [-0.4, -0.2) is 34.0 Å². The number of para-hydroxylation sites is 1. The van der Waals surface area contributed by atoms with E-state index in [2.05, 4.69) is 10.3 Å². The highest BCUT2D eigenvalue weighted by Crippen LogP contribution is 2.24. The summed E-state index contributed by atoms with van der Waals surface area (Å²) in [5, 5.41) is 3.49. The molecule has 2 heterocycles. The second-order valence-electron chi connectivity index (χ2n) is 7.14. The lowest BCUT2D eigenvalue weighted by molar-refractivity contribution is -0.121. The van der Waals surface area contributed by atoms with Crippen molar-refractivity contribution in [2.75, 3.05) is 11.4 Å². The highest BCUT2D eigenvalue weighted by molar-refractivity contribution is 6.31. The van der Waals surface area contributed by atoms with Gasteiger partial charge in [0, 0.05) is 37.9 Å². The zero-order valence-electron chi connectivity index (χ0n) is 15.9. The molecule has 4 rings (SSSR count). The number of benzene rings is 2. The fourth-order valence-corrected chi connectivity index (χ4v) is 3.85. The molecule has 2 aromatic carbocycles. The summed E-state index contributed by atoms with van der Waals surface area (Å²) in [6, 6.07) is 11.3. The summed E-state index contributed by atoms with van der Waals surface area (Å²) in [4.78, 5) is 30.6. The number of aryl methyl sites for hydroxylation is 2. The molecule has 1 aliphatic rings. The van der Waals surface area contributed by atoms with Crippen LogP contribution in [0, 0.1) is 5.82 Å². The van der Waals surface area contributed by atoms with Crippen LogP contribution in [0.15, 0.2) is 42.5 Å². The van der Waals surface area contributed by atoms with E-state index in [0.29, 0.717) is 11.4 Å². The zero-order valence-corrected chi connectivity index (χ0v) is 16.6. The van der Waals surface area contributed by atoms with Gasteiger partial charge in [-0.15, -0.1) is 0 Å². The summed E-state index contributed by atoms with van der Waals surface area (Å²) in [5.74, 6) is -0.0291. The number of carbonyl (C=O) groups is 2. The summed E-state index contributed by atoms with van der Waals surface area (Å²) >= 11 is 6.01. The Kier molecular flexibility index (Phi) is 5.24. The van der Waals surface area contributed by atoms with E-state index in [1.807, 2.05) is 17.7 Å². The zero-order chi connectivity index (χ0) is 20.5. The molecule has 0 unspecified atom stereocenters. The highest BCUT2D eigenvalue weighted by Gasteiger charge is 2.32. The van der Waals surface area contributed by atoms with E-state index in [1.165, 1.54) is 11.0 Å². The Morgan fingerprint density at radius 1 is 1.31 bits per heavy atom. The van der Waals surface area contributed by atoms with Gasteiger partial charge in [-0.25, -0.2) is 9.37 Å². The van der Waals surface area contributed by atoms with Crippen molar-refractivity contribution in [1.29, 1.82) is 0 Å². The van der Waals surface area contributed by atoms with Crippen molar-refractivity contribution < 1.29 is 14.0 Å². The van der Waals surface area contributed by atoms with Crippen LogP contribution in [0.2, 0.25) is 5.02 Å². The van der Waals surface area contributed by atoms with Crippen molar-refractivity contribution in [3.63, 3.8) is 0 Å². The van der Waals surface area contributed by atoms with E-state index in [0.717, 1.165) is 16.9 Å². The molecule has 8 heteroatoms. The number of hydrogen-bond donors (Lipinski definition) is 1. The smallest absolute Gasteiger partial charge is 0.229 e. The van der Waals surface area contributed by atoms with Gasteiger partial charge in [-0.3, -0.25) is 9.59 Å². The van der Waals surface area contributed by atoms with Crippen LogP contribution in [0.5, 0.6) is 0 Å². The molecule has 0 bridgehead atoms. The number of aromatic nitrogens is 2. The third-order valence-electron chi connectivity index (χ3n) is 5.14. The van der Waals surface area contributed by atoms with Crippen LogP contribution in [0.25, 0.3) is 11.0 Å². The minimum Gasteiger partial charge on any atom is -0.351 e. The van der Waals surface area contributed by atoms with Gasteiger partial charge in [-0.2, -0.15) is 0 Å². The predicted molar refractivity (Wildman–Crippen MR) is 109 cm³/mol. The number of nitrogens with one attached hydrogen (secondary N) is 1. The van der Waals surface area contributed by atoms with Gasteiger partial charge in [-0.1, -0.05) is 23.7 Å². The number of halogens is 2. The van der Waals surface area contributed by atoms with Crippen molar-refractivity contribution in [2.24, 2.45) is 7.05 Å². The summed E-state index contributed by atoms with van der Waals surface area (Å²) in [6.45, 7) is 0.260. The normalized spacial score (nSPS) is 16.6. The van der Waals surface area contributed by atoms with Gasteiger partial charge >= 0.3 is 0 Å². The first-order valence-electron chi connectivity index (χ1n) is 9.37. The van der Waals surface area contributed by atoms with Gasteiger partial charge < -0.3 is 14.8 Å². The SMILES string of the molecule is Cn1c(CCC(=O)N[C@@H]2CC(=O)N(c3ccccc3F)C2)nc2cc(Cl)ccc21. The minimum atomic E-state index is -0.449. The number of rotatable bonds is 5. The van der Waals surface area contributed by atoms with Crippen molar-refractivity contribution in [3.05, 3.63) is 59.1 Å². The van der Waals surface area contributed by atoms with Crippen molar-refractivity contribution in [3.8, 4) is 0 Å². The maximum Gasteiger partial charge on any atom is 0.229 e. The molecule has 1 saturated heterocycles. The van der Waals surface area contributed by atoms with E-state index in [1.54, 1.807) is 30.3 Å². The number of fused-ring (bicyclic) bond motifs is 1. The van der Waals surface area contributed by atoms with Crippen molar-refractivity contribution >= 4 is 40.1 Å². The summed E-state index contributed by atoms with van der Waals surface area (Å²) in [5.41, 5.74) is 1.98. The Morgan fingerprint density at radius 3 is 2.90 bits per heavy atom. The molecule has 0 saturated carbocycles. The molecule has 29 heavy (non-hydrogen) atoms. The first-order valence-corrected chi connectivity index (χ1v) is 9.75. The molecular formula is C21H20ClFN4O2. The lowest BCUT2D eigenvalue weighted by atomic mass is 10.2. The monoisotopic (exact) mass is 414 g/mol. The van der Waals surface area contributed by atoms with E-state index in [9.17, 15) is 14.0 Å². The van der Waals surface area contributed by atoms with Crippen LogP contribution >= 0.6 is 11.6 Å². The Hall–Kier alpha value is -2.93. The topological polar surface area (TPSA) is 67.2 Å². The van der Waals surface area contributed by atoms with Gasteiger partial charge in [0.1, 0.15) is 11.6 Å². The molecule has 1 atom stereocenters. The minimum absolute atomic E-state index is 0.158. The first kappa shape index (κ1) is 19.4. The van der Waals surface area contributed by atoms with Gasteiger partial charge in [0.25, 0.3) is 0 Å². The number of nitrogens with zero attached hydrogens (tertiary/aromatic N) is 3. The van der Waals surface area contributed by atoms with Crippen molar-refractivity contribution in [2.45, 2.75) is 25.3 Å². The van der Waals surface area contributed by atoms with Crippen molar-refractivity contribution in [1.82, 2.24) is 14.9 Å². The van der Waals surface area contributed by atoms with Crippen LogP contribution in [0.4, 0.5) is 10.1 Å². The lowest BCUT2D eigenvalue weighted by Crippen LogP contribution is -2.37. The largest absolute Gasteiger partial charge is 0.351 e. The first-order chi connectivity index (χ1) is 13.9. The van der Waals surface area contributed by atoms with Gasteiger partial charge in [0.05, 0.1) is 22.8 Å². The second kappa shape index (κ2) is 7.83. The Balaban J connectivity index is 1.36. The fraction of sp³-hybridized carbons (Fsp3) is 0.286. The molecule has 150 valence electrons. The number of carbonyl (C=O) groups excluding carboxylic acids is 2. The maximum atomic E-state index is 14.0. The standard InChI is InChI=1S/C21H20ClFN4O2/c1-26-18-7-6-13(22)10-16(18)25-19(26)8-9-20(28)24-14-11-21(29)27(12-14)17-5-3-2-4-15(17)23/h2-7,10,14H,8-9,11-12H2,1H3,(H,24,28)/t14-/m1/s1. The number of amides is 2. The Labute approximate surface area is 172 Å². The van der Waals surface area contributed by atoms with Gasteiger partial charge in [0.2, 0.25) is 11.8 Å². The molecule has 0 radical (unpaired) electrons.